The molecule has 1 rings (SSSR count). The van der Waals surface area contributed by atoms with Crippen LogP contribution in [0, 0.1) is 11.6 Å². The Labute approximate surface area is 124 Å². The van der Waals surface area contributed by atoms with Gasteiger partial charge in [-0.15, -0.1) is 12.4 Å². The molecule has 116 valence electrons. The molecule has 0 saturated heterocycles. The standard InChI is InChI=1S/C12H18F2N2O2S.ClH/c1-3-12(15,4-2)8-16-19(17,18)10-7-5-6-9(13)11(10)14;/h5-7,16H,3-4,8,15H2,1-2H3;1H. The second kappa shape index (κ2) is 7.31. The van der Waals surface area contributed by atoms with E-state index in [2.05, 4.69) is 4.72 Å². The highest BCUT2D eigenvalue weighted by Crippen LogP contribution is 2.18. The fourth-order valence-electron chi connectivity index (χ4n) is 1.51. The van der Waals surface area contributed by atoms with Crippen LogP contribution in [0.2, 0.25) is 0 Å². The number of nitrogens with one attached hydrogen (secondary N) is 1. The molecular formula is C12H19ClF2N2O2S. The molecule has 0 amide bonds. The Bertz CT molecular complexity index is 548. The number of rotatable bonds is 6. The molecule has 0 heterocycles. The van der Waals surface area contributed by atoms with Crippen LogP contribution >= 0.6 is 12.4 Å². The van der Waals surface area contributed by atoms with Crippen molar-refractivity contribution >= 4 is 22.4 Å². The summed E-state index contributed by atoms with van der Waals surface area (Å²) in [4.78, 5) is -0.706. The molecule has 0 fully saturated rings. The van der Waals surface area contributed by atoms with E-state index in [9.17, 15) is 17.2 Å². The fourth-order valence-corrected chi connectivity index (χ4v) is 2.73. The molecule has 1 aromatic rings. The van der Waals surface area contributed by atoms with Gasteiger partial charge in [0.2, 0.25) is 10.0 Å². The third kappa shape index (κ3) is 4.37. The van der Waals surface area contributed by atoms with E-state index in [1.165, 1.54) is 0 Å². The Hall–Kier alpha value is -0.760. The molecule has 0 aliphatic carbocycles. The van der Waals surface area contributed by atoms with Gasteiger partial charge >= 0.3 is 0 Å². The molecule has 20 heavy (non-hydrogen) atoms. The van der Waals surface area contributed by atoms with Crippen LogP contribution in [0.1, 0.15) is 26.7 Å². The Morgan fingerprint density at radius 1 is 1.25 bits per heavy atom. The first kappa shape index (κ1) is 19.2. The minimum absolute atomic E-state index is 0. The van der Waals surface area contributed by atoms with Crippen LogP contribution in [0.3, 0.4) is 0 Å². The van der Waals surface area contributed by atoms with E-state index in [1.807, 2.05) is 13.8 Å². The summed E-state index contributed by atoms with van der Waals surface area (Å²) in [6.45, 7) is 3.64. The van der Waals surface area contributed by atoms with Crippen LogP contribution in [0.25, 0.3) is 0 Å². The van der Waals surface area contributed by atoms with Crippen molar-refractivity contribution < 1.29 is 17.2 Å². The summed E-state index contributed by atoms with van der Waals surface area (Å²) in [6, 6.07) is 3.01. The Balaban J connectivity index is 0.00000361. The highest BCUT2D eigenvalue weighted by atomic mass is 35.5. The van der Waals surface area contributed by atoms with Crippen molar-refractivity contribution in [1.82, 2.24) is 4.72 Å². The molecular weight excluding hydrogens is 310 g/mol. The molecule has 0 unspecified atom stereocenters. The highest BCUT2D eigenvalue weighted by molar-refractivity contribution is 7.89. The smallest absolute Gasteiger partial charge is 0.243 e. The maximum atomic E-state index is 13.5. The van der Waals surface area contributed by atoms with Crippen LogP contribution in [0.4, 0.5) is 8.78 Å². The average Bonchev–Trinajstić information content (AvgIpc) is 2.39. The minimum Gasteiger partial charge on any atom is -0.324 e. The highest BCUT2D eigenvalue weighted by Gasteiger charge is 2.26. The zero-order valence-electron chi connectivity index (χ0n) is 11.3. The number of halogens is 3. The van der Waals surface area contributed by atoms with Gasteiger partial charge in [-0.05, 0) is 25.0 Å². The molecule has 0 aromatic heterocycles. The van der Waals surface area contributed by atoms with Gasteiger partial charge in [-0.3, -0.25) is 0 Å². The number of hydrogen-bond donors (Lipinski definition) is 2. The number of nitrogens with two attached hydrogens (primary N) is 1. The quantitative estimate of drug-likeness (QED) is 0.840. The van der Waals surface area contributed by atoms with Gasteiger partial charge in [0.25, 0.3) is 0 Å². The number of benzene rings is 1. The average molecular weight is 329 g/mol. The Morgan fingerprint density at radius 3 is 2.30 bits per heavy atom. The predicted octanol–water partition coefficient (Wildman–Crippen LogP) is 2.18. The first-order chi connectivity index (χ1) is 8.75. The first-order valence-electron chi connectivity index (χ1n) is 5.98. The van der Waals surface area contributed by atoms with Crippen LogP contribution in [0.15, 0.2) is 23.1 Å². The normalized spacial score (nSPS) is 12.1. The first-order valence-corrected chi connectivity index (χ1v) is 7.46. The van der Waals surface area contributed by atoms with E-state index in [4.69, 9.17) is 5.73 Å². The second-order valence-electron chi connectivity index (χ2n) is 4.45. The molecule has 0 aliphatic rings. The van der Waals surface area contributed by atoms with E-state index in [1.54, 1.807) is 0 Å². The summed E-state index contributed by atoms with van der Waals surface area (Å²) < 4.78 is 52.5. The predicted molar refractivity (Wildman–Crippen MR) is 76.3 cm³/mol. The Morgan fingerprint density at radius 2 is 1.80 bits per heavy atom. The largest absolute Gasteiger partial charge is 0.324 e. The van der Waals surface area contributed by atoms with Crippen molar-refractivity contribution in [2.75, 3.05) is 6.54 Å². The van der Waals surface area contributed by atoms with Gasteiger partial charge in [-0.2, -0.15) is 0 Å². The molecule has 8 heteroatoms. The third-order valence-electron chi connectivity index (χ3n) is 3.23. The summed E-state index contributed by atoms with van der Waals surface area (Å²) in [5.41, 5.74) is 5.26. The van der Waals surface area contributed by atoms with Crippen molar-refractivity contribution in [3.05, 3.63) is 29.8 Å². The van der Waals surface area contributed by atoms with Crippen molar-refractivity contribution in [3.63, 3.8) is 0 Å². The summed E-state index contributed by atoms with van der Waals surface area (Å²) in [7, 11) is -4.11. The van der Waals surface area contributed by atoms with Crippen molar-refractivity contribution in [1.29, 1.82) is 0 Å². The topological polar surface area (TPSA) is 72.2 Å². The van der Waals surface area contributed by atoms with Gasteiger partial charge in [0, 0.05) is 12.1 Å². The van der Waals surface area contributed by atoms with Gasteiger partial charge in [-0.1, -0.05) is 19.9 Å². The van der Waals surface area contributed by atoms with Crippen molar-refractivity contribution in [2.24, 2.45) is 5.73 Å². The molecule has 3 N–H and O–H groups in total. The van der Waals surface area contributed by atoms with E-state index in [-0.39, 0.29) is 19.0 Å². The van der Waals surface area contributed by atoms with Crippen molar-refractivity contribution in [2.45, 2.75) is 37.1 Å². The summed E-state index contributed by atoms with van der Waals surface area (Å²) in [6.07, 6.45) is 1.13. The van der Waals surface area contributed by atoms with Crippen molar-refractivity contribution in [3.8, 4) is 0 Å². The molecule has 0 atom stereocenters. The minimum atomic E-state index is -4.11. The molecule has 0 spiro atoms. The van der Waals surface area contributed by atoms with Gasteiger partial charge in [0.1, 0.15) is 4.90 Å². The lowest BCUT2D eigenvalue weighted by Gasteiger charge is -2.26. The lowest BCUT2D eigenvalue weighted by Crippen LogP contribution is -2.49. The van der Waals surface area contributed by atoms with Gasteiger partial charge < -0.3 is 5.73 Å². The Kier molecular flexibility index (Phi) is 7.03. The molecule has 0 bridgehead atoms. The summed E-state index contributed by atoms with van der Waals surface area (Å²) >= 11 is 0. The monoisotopic (exact) mass is 328 g/mol. The number of sulfonamides is 1. The lowest BCUT2D eigenvalue weighted by atomic mass is 9.95. The molecule has 0 saturated carbocycles. The maximum absolute atomic E-state index is 13.5. The zero-order chi connectivity index (χ0) is 14.7. The second-order valence-corrected chi connectivity index (χ2v) is 6.18. The lowest BCUT2D eigenvalue weighted by molar-refractivity contribution is 0.391. The van der Waals surface area contributed by atoms with Crippen LogP contribution < -0.4 is 10.5 Å². The van der Waals surface area contributed by atoms with E-state index >= 15 is 0 Å². The molecule has 0 radical (unpaired) electrons. The fraction of sp³-hybridized carbons (Fsp3) is 0.500. The molecule has 4 nitrogen and oxygen atoms in total. The van der Waals surface area contributed by atoms with Crippen LogP contribution in [0.5, 0.6) is 0 Å². The van der Waals surface area contributed by atoms with Gasteiger partial charge in [-0.25, -0.2) is 21.9 Å². The van der Waals surface area contributed by atoms with E-state index in [0.29, 0.717) is 12.8 Å². The third-order valence-corrected chi connectivity index (χ3v) is 4.65. The molecule has 1 aromatic carbocycles. The zero-order valence-corrected chi connectivity index (χ0v) is 13.0. The van der Waals surface area contributed by atoms with Crippen LogP contribution in [-0.4, -0.2) is 20.5 Å². The summed E-state index contributed by atoms with van der Waals surface area (Å²) in [5.74, 6) is -2.58. The number of hydrogen-bond acceptors (Lipinski definition) is 3. The van der Waals surface area contributed by atoms with Gasteiger partial charge in [0.15, 0.2) is 11.6 Å². The summed E-state index contributed by atoms with van der Waals surface area (Å²) in [5, 5.41) is 0. The molecule has 0 aliphatic heterocycles. The maximum Gasteiger partial charge on any atom is 0.243 e. The van der Waals surface area contributed by atoms with Crippen LogP contribution in [-0.2, 0) is 10.0 Å². The van der Waals surface area contributed by atoms with E-state index in [0.717, 1.165) is 18.2 Å². The SMILES string of the molecule is CCC(N)(CC)CNS(=O)(=O)c1cccc(F)c1F.Cl. The van der Waals surface area contributed by atoms with E-state index < -0.39 is 32.1 Å². The van der Waals surface area contributed by atoms with Gasteiger partial charge in [0.05, 0.1) is 0 Å².